The van der Waals surface area contributed by atoms with E-state index in [1.807, 2.05) is 86.6 Å². The molecule has 0 radical (unpaired) electrons. The average Bonchev–Trinajstić information content (AvgIpc) is 2.69. The van der Waals surface area contributed by atoms with Gasteiger partial charge in [0.1, 0.15) is 12.4 Å². The molecule has 0 heterocycles. The molecule has 138 valence electrons. The Morgan fingerprint density at radius 1 is 0.926 bits per heavy atom. The largest absolute Gasteiger partial charge is 0.489 e. The zero-order chi connectivity index (χ0) is 19.1. The van der Waals surface area contributed by atoms with E-state index < -0.39 is 0 Å². The van der Waals surface area contributed by atoms with Gasteiger partial charge in [-0.15, -0.1) is 0 Å². The lowest BCUT2D eigenvalue weighted by atomic mass is 10.1. The molecule has 0 aliphatic heterocycles. The second kappa shape index (κ2) is 8.90. The molecular formula is C23H24N2O2. The number of carbonyl (C=O) groups is 1. The van der Waals surface area contributed by atoms with E-state index in [4.69, 9.17) is 4.74 Å². The van der Waals surface area contributed by atoms with Crippen LogP contribution >= 0.6 is 0 Å². The molecule has 3 aromatic rings. The smallest absolute Gasteiger partial charge is 0.243 e. The lowest BCUT2D eigenvalue weighted by molar-refractivity contribution is -0.114. The highest BCUT2D eigenvalue weighted by atomic mass is 16.5. The maximum absolute atomic E-state index is 12.2. The molecule has 0 aromatic heterocycles. The van der Waals surface area contributed by atoms with Crippen LogP contribution in [0.4, 0.5) is 11.4 Å². The van der Waals surface area contributed by atoms with Crippen LogP contribution in [-0.4, -0.2) is 12.5 Å². The minimum absolute atomic E-state index is 0.0840. The Kier molecular flexibility index (Phi) is 6.10. The summed E-state index contributed by atoms with van der Waals surface area (Å²) in [5.74, 6) is 0.679. The molecule has 4 heteroatoms. The summed E-state index contributed by atoms with van der Waals surface area (Å²) in [4.78, 5) is 12.2. The molecule has 0 spiro atoms. The summed E-state index contributed by atoms with van der Waals surface area (Å²) in [5, 5.41) is 6.10. The number of hydrogen-bond donors (Lipinski definition) is 2. The number of amides is 1. The van der Waals surface area contributed by atoms with Gasteiger partial charge in [-0.25, -0.2) is 0 Å². The van der Waals surface area contributed by atoms with Gasteiger partial charge in [-0.3, -0.25) is 4.79 Å². The standard InChI is InChI=1S/C23H24N2O2/c1-17-8-6-13-22(18(17)2)25-23(26)15-24-20-11-7-12-21(14-20)27-16-19-9-4-3-5-10-19/h3-14,24H,15-16H2,1-2H3,(H,25,26). The van der Waals surface area contributed by atoms with Gasteiger partial charge in [0.2, 0.25) is 5.91 Å². The second-order valence-corrected chi connectivity index (χ2v) is 6.45. The molecule has 0 saturated carbocycles. The maximum atomic E-state index is 12.2. The summed E-state index contributed by atoms with van der Waals surface area (Å²) in [5.41, 5.74) is 5.05. The van der Waals surface area contributed by atoms with E-state index in [9.17, 15) is 4.79 Å². The van der Waals surface area contributed by atoms with Crippen molar-refractivity contribution >= 4 is 17.3 Å². The fourth-order valence-corrected chi connectivity index (χ4v) is 2.70. The van der Waals surface area contributed by atoms with Crippen LogP contribution in [0.1, 0.15) is 16.7 Å². The first-order valence-corrected chi connectivity index (χ1v) is 8.98. The Morgan fingerprint density at radius 3 is 2.52 bits per heavy atom. The molecule has 0 unspecified atom stereocenters. The van der Waals surface area contributed by atoms with Crippen molar-refractivity contribution in [3.05, 3.63) is 89.5 Å². The van der Waals surface area contributed by atoms with Gasteiger partial charge in [-0.1, -0.05) is 48.5 Å². The molecule has 0 aliphatic carbocycles. The predicted molar refractivity (Wildman–Crippen MR) is 110 cm³/mol. The molecule has 3 aromatic carbocycles. The van der Waals surface area contributed by atoms with Crippen LogP contribution in [0.3, 0.4) is 0 Å². The van der Waals surface area contributed by atoms with E-state index in [0.29, 0.717) is 6.61 Å². The highest BCUT2D eigenvalue weighted by Crippen LogP contribution is 2.20. The summed E-state index contributed by atoms with van der Waals surface area (Å²) in [6.45, 7) is 4.74. The molecule has 27 heavy (non-hydrogen) atoms. The first kappa shape index (κ1) is 18.5. The van der Waals surface area contributed by atoms with E-state index in [1.54, 1.807) is 0 Å². The molecule has 3 rings (SSSR count). The molecule has 0 aliphatic rings. The average molecular weight is 360 g/mol. The lowest BCUT2D eigenvalue weighted by Crippen LogP contribution is -2.22. The predicted octanol–water partition coefficient (Wildman–Crippen LogP) is 4.93. The van der Waals surface area contributed by atoms with Crippen molar-refractivity contribution in [3.63, 3.8) is 0 Å². The summed E-state index contributed by atoms with van der Waals surface area (Å²) < 4.78 is 5.82. The van der Waals surface area contributed by atoms with Crippen molar-refractivity contribution in [2.45, 2.75) is 20.5 Å². The zero-order valence-corrected chi connectivity index (χ0v) is 15.7. The number of benzene rings is 3. The minimum Gasteiger partial charge on any atom is -0.489 e. The van der Waals surface area contributed by atoms with Gasteiger partial charge in [0.15, 0.2) is 0 Å². The van der Waals surface area contributed by atoms with Crippen molar-refractivity contribution in [2.75, 3.05) is 17.2 Å². The number of nitrogens with one attached hydrogen (secondary N) is 2. The normalized spacial score (nSPS) is 10.3. The Balaban J connectivity index is 1.53. The number of aryl methyl sites for hydroxylation is 1. The number of rotatable bonds is 7. The van der Waals surface area contributed by atoms with Crippen LogP contribution in [0.25, 0.3) is 0 Å². The topological polar surface area (TPSA) is 50.4 Å². The Labute approximate surface area is 160 Å². The monoisotopic (exact) mass is 360 g/mol. The van der Waals surface area contributed by atoms with Crippen LogP contribution < -0.4 is 15.4 Å². The highest BCUT2D eigenvalue weighted by molar-refractivity contribution is 5.94. The Bertz CT molecular complexity index is 907. The first-order valence-electron chi connectivity index (χ1n) is 8.98. The van der Waals surface area contributed by atoms with Crippen LogP contribution in [0.15, 0.2) is 72.8 Å². The number of carbonyl (C=O) groups excluding carboxylic acids is 1. The number of anilines is 2. The van der Waals surface area contributed by atoms with E-state index in [0.717, 1.165) is 33.8 Å². The fourth-order valence-electron chi connectivity index (χ4n) is 2.70. The van der Waals surface area contributed by atoms with Crippen LogP contribution in [0, 0.1) is 13.8 Å². The molecule has 2 N–H and O–H groups in total. The van der Waals surface area contributed by atoms with Crippen molar-refractivity contribution in [1.29, 1.82) is 0 Å². The summed E-state index contributed by atoms with van der Waals surface area (Å²) in [7, 11) is 0. The molecule has 0 atom stereocenters. The number of hydrogen-bond acceptors (Lipinski definition) is 3. The molecule has 0 saturated heterocycles. The number of ether oxygens (including phenoxy) is 1. The van der Waals surface area contributed by atoms with Crippen molar-refractivity contribution < 1.29 is 9.53 Å². The quantitative estimate of drug-likeness (QED) is 0.628. The van der Waals surface area contributed by atoms with Crippen molar-refractivity contribution in [1.82, 2.24) is 0 Å². The fraction of sp³-hybridized carbons (Fsp3) is 0.174. The molecule has 0 bridgehead atoms. The third kappa shape index (κ3) is 5.35. The van der Waals surface area contributed by atoms with Crippen LogP contribution in [0.2, 0.25) is 0 Å². The SMILES string of the molecule is Cc1cccc(NC(=O)CNc2cccc(OCc3ccccc3)c2)c1C. The maximum Gasteiger partial charge on any atom is 0.243 e. The second-order valence-electron chi connectivity index (χ2n) is 6.45. The van der Waals surface area contributed by atoms with Gasteiger partial charge in [0, 0.05) is 17.4 Å². The third-order valence-corrected chi connectivity index (χ3v) is 4.41. The summed E-state index contributed by atoms with van der Waals surface area (Å²) in [6.07, 6.45) is 0. The summed E-state index contributed by atoms with van der Waals surface area (Å²) in [6, 6.07) is 23.5. The first-order chi connectivity index (χ1) is 13.1. The van der Waals surface area contributed by atoms with Gasteiger partial charge in [-0.2, -0.15) is 0 Å². The van der Waals surface area contributed by atoms with E-state index in [2.05, 4.69) is 10.6 Å². The molecular weight excluding hydrogens is 336 g/mol. The van der Waals surface area contributed by atoms with Gasteiger partial charge in [-0.05, 0) is 48.7 Å². The van der Waals surface area contributed by atoms with E-state index in [-0.39, 0.29) is 12.5 Å². The minimum atomic E-state index is -0.0840. The Hall–Kier alpha value is -3.27. The summed E-state index contributed by atoms with van der Waals surface area (Å²) >= 11 is 0. The van der Waals surface area contributed by atoms with Gasteiger partial charge in [0.05, 0.1) is 6.54 Å². The van der Waals surface area contributed by atoms with Gasteiger partial charge >= 0.3 is 0 Å². The van der Waals surface area contributed by atoms with Crippen molar-refractivity contribution in [2.24, 2.45) is 0 Å². The Morgan fingerprint density at radius 2 is 1.70 bits per heavy atom. The molecule has 4 nitrogen and oxygen atoms in total. The van der Waals surface area contributed by atoms with Crippen LogP contribution in [0.5, 0.6) is 5.75 Å². The van der Waals surface area contributed by atoms with E-state index in [1.165, 1.54) is 0 Å². The van der Waals surface area contributed by atoms with E-state index >= 15 is 0 Å². The zero-order valence-electron chi connectivity index (χ0n) is 15.7. The lowest BCUT2D eigenvalue weighted by Gasteiger charge is -2.12. The van der Waals surface area contributed by atoms with Gasteiger partial charge < -0.3 is 15.4 Å². The van der Waals surface area contributed by atoms with Crippen LogP contribution in [-0.2, 0) is 11.4 Å². The molecule has 1 amide bonds. The third-order valence-electron chi connectivity index (χ3n) is 4.41. The van der Waals surface area contributed by atoms with Gasteiger partial charge in [0.25, 0.3) is 0 Å². The highest BCUT2D eigenvalue weighted by Gasteiger charge is 2.06. The van der Waals surface area contributed by atoms with Crippen molar-refractivity contribution in [3.8, 4) is 5.75 Å². The molecule has 0 fully saturated rings.